The minimum atomic E-state index is -1.26. The number of carbonyl (C=O) groups excluding carboxylic acids is 1. The van der Waals surface area contributed by atoms with Gasteiger partial charge < -0.3 is 20.0 Å². The number of aromatic nitrogens is 3. The Bertz CT molecular complexity index is 1320. The molecular weight excluding hydrogens is 475 g/mol. The third kappa shape index (κ3) is 5.01. The van der Waals surface area contributed by atoms with Crippen molar-refractivity contribution in [1.29, 1.82) is 0 Å². The Morgan fingerprint density at radius 3 is 2.64 bits per heavy atom. The van der Waals surface area contributed by atoms with E-state index in [2.05, 4.69) is 29.6 Å². The number of nitrogens with one attached hydrogen (secondary N) is 1. The lowest BCUT2D eigenvalue weighted by Crippen LogP contribution is -2.22. The lowest BCUT2D eigenvalue weighted by molar-refractivity contribution is 0.0893. The van der Waals surface area contributed by atoms with E-state index in [0.717, 1.165) is 33.9 Å². The summed E-state index contributed by atoms with van der Waals surface area (Å²) in [5, 5.41) is 1.78. The molecule has 6 nitrogen and oxygen atoms in total. The van der Waals surface area contributed by atoms with Gasteiger partial charge in [0.25, 0.3) is 5.91 Å². The molecule has 3 N–H and O–H groups in total. The zero-order chi connectivity index (χ0) is 23.8. The molecule has 0 saturated heterocycles. The van der Waals surface area contributed by atoms with E-state index < -0.39 is 14.0 Å². The highest BCUT2D eigenvalue weighted by atomic mass is 35.5. The molecular formula is C24H26Cl2N4O2Si. The molecule has 172 valence electrons. The molecule has 0 aliphatic heterocycles. The SMILES string of the molecule is C[Si](C)(C)CCOCn1c(-c2ccnc3[nH]ccc23)cc(C(N)=O)c1-c1ccc(Cl)c(Cl)c1. The third-order valence-corrected chi connectivity index (χ3v) is 7.95. The lowest BCUT2D eigenvalue weighted by atomic mass is 10.1. The number of halogens is 2. The van der Waals surface area contributed by atoms with Crippen molar-refractivity contribution in [3.8, 4) is 22.5 Å². The van der Waals surface area contributed by atoms with Gasteiger partial charge in [0, 0.05) is 43.6 Å². The summed E-state index contributed by atoms with van der Waals surface area (Å²) in [5.41, 5.74) is 10.1. The van der Waals surface area contributed by atoms with Gasteiger partial charge in [0.1, 0.15) is 12.4 Å². The van der Waals surface area contributed by atoms with Gasteiger partial charge in [0.05, 0.1) is 27.0 Å². The molecule has 0 bridgehead atoms. The molecule has 4 aromatic rings. The highest BCUT2D eigenvalue weighted by Crippen LogP contribution is 2.37. The quantitative estimate of drug-likeness (QED) is 0.216. The van der Waals surface area contributed by atoms with E-state index in [1.165, 1.54) is 0 Å². The number of carbonyl (C=O) groups is 1. The number of primary amides is 1. The predicted octanol–water partition coefficient (Wildman–Crippen LogP) is 6.42. The van der Waals surface area contributed by atoms with E-state index in [9.17, 15) is 4.79 Å². The smallest absolute Gasteiger partial charge is 0.250 e. The minimum absolute atomic E-state index is 0.261. The van der Waals surface area contributed by atoms with Crippen LogP contribution in [0.3, 0.4) is 0 Å². The normalized spacial score (nSPS) is 11.9. The van der Waals surface area contributed by atoms with E-state index in [1.54, 1.807) is 18.3 Å². The van der Waals surface area contributed by atoms with Gasteiger partial charge in [-0.25, -0.2) is 4.98 Å². The molecule has 0 aliphatic carbocycles. The summed E-state index contributed by atoms with van der Waals surface area (Å²) in [7, 11) is -1.26. The topological polar surface area (TPSA) is 85.9 Å². The molecule has 33 heavy (non-hydrogen) atoms. The van der Waals surface area contributed by atoms with Crippen LogP contribution in [0.5, 0.6) is 0 Å². The largest absolute Gasteiger partial charge is 0.366 e. The maximum Gasteiger partial charge on any atom is 0.250 e. The molecule has 3 heterocycles. The standard InChI is InChI=1S/C24H26Cl2N4O2Si/c1-33(2,3)11-10-32-14-30-21(16-6-8-28-24-17(16)7-9-29-24)13-18(23(27)31)22(30)15-4-5-19(25)20(26)12-15/h4-9,12-13H,10-11,14H2,1-3H3,(H2,27,31)(H,28,29). The van der Waals surface area contributed by atoms with Crippen LogP contribution in [0.15, 0.2) is 48.8 Å². The van der Waals surface area contributed by atoms with Crippen LogP contribution >= 0.6 is 23.2 Å². The molecule has 1 aromatic carbocycles. The molecule has 1 amide bonds. The Hall–Kier alpha value is -2.58. The molecule has 4 rings (SSSR count). The van der Waals surface area contributed by atoms with Crippen LogP contribution in [0, 0.1) is 0 Å². The summed E-state index contributed by atoms with van der Waals surface area (Å²) in [6, 6.07) is 12.0. The summed E-state index contributed by atoms with van der Waals surface area (Å²) < 4.78 is 8.10. The summed E-state index contributed by atoms with van der Waals surface area (Å²) in [4.78, 5) is 20.0. The second kappa shape index (κ2) is 9.35. The highest BCUT2D eigenvalue weighted by Gasteiger charge is 2.23. The van der Waals surface area contributed by atoms with Crippen LogP contribution in [0.2, 0.25) is 35.7 Å². The Kier molecular flexibility index (Phi) is 6.68. The molecule has 0 aliphatic rings. The number of H-pyrrole nitrogens is 1. The molecule has 0 unspecified atom stereocenters. The average molecular weight is 501 g/mol. The number of pyridine rings is 1. The highest BCUT2D eigenvalue weighted by molar-refractivity contribution is 6.76. The van der Waals surface area contributed by atoms with Gasteiger partial charge in [-0.05, 0) is 36.4 Å². The summed E-state index contributed by atoms with van der Waals surface area (Å²) in [5.74, 6) is -0.530. The van der Waals surface area contributed by atoms with Gasteiger partial charge in [-0.2, -0.15) is 0 Å². The van der Waals surface area contributed by atoms with Gasteiger partial charge in [-0.15, -0.1) is 0 Å². The second-order valence-electron chi connectivity index (χ2n) is 9.16. The number of hydrogen-bond donors (Lipinski definition) is 2. The first-order valence-corrected chi connectivity index (χ1v) is 15.1. The van der Waals surface area contributed by atoms with Crippen molar-refractivity contribution in [3.05, 3.63) is 64.4 Å². The summed E-state index contributed by atoms with van der Waals surface area (Å²) in [6.45, 7) is 7.82. The second-order valence-corrected chi connectivity index (χ2v) is 15.6. The first kappa shape index (κ1) is 23.6. The van der Waals surface area contributed by atoms with E-state index in [1.807, 2.05) is 35.0 Å². The first-order valence-electron chi connectivity index (χ1n) is 10.6. The molecule has 3 aromatic heterocycles. The average Bonchev–Trinajstić information content (AvgIpc) is 3.37. The number of benzene rings is 1. The van der Waals surface area contributed by atoms with Crippen LogP contribution in [-0.4, -0.2) is 35.1 Å². The molecule has 0 fully saturated rings. The third-order valence-electron chi connectivity index (χ3n) is 5.51. The fourth-order valence-corrected chi connectivity index (χ4v) is 4.82. The van der Waals surface area contributed by atoms with E-state index >= 15 is 0 Å². The van der Waals surface area contributed by atoms with Crippen molar-refractivity contribution in [2.45, 2.75) is 32.4 Å². The van der Waals surface area contributed by atoms with Crippen LogP contribution in [0.4, 0.5) is 0 Å². The monoisotopic (exact) mass is 500 g/mol. The number of aromatic amines is 1. The molecule has 0 radical (unpaired) electrons. The Balaban J connectivity index is 1.89. The Morgan fingerprint density at radius 2 is 1.94 bits per heavy atom. The molecule has 9 heteroatoms. The van der Waals surface area contributed by atoms with Crippen LogP contribution in [0.1, 0.15) is 10.4 Å². The molecule has 0 atom stereocenters. The first-order chi connectivity index (χ1) is 15.7. The van der Waals surface area contributed by atoms with E-state index in [0.29, 0.717) is 27.9 Å². The number of ether oxygens (including phenoxy) is 1. The van der Waals surface area contributed by atoms with Gasteiger partial charge >= 0.3 is 0 Å². The van der Waals surface area contributed by atoms with Gasteiger partial charge in [0.15, 0.2) is 0 Å². The number of nitrogens with zero attached hydrogens (tertiary/aromatic N) is 2. The number of fused-ring (bicyclic) bond motifs is 1. The van der Waals surface area contributed by atoms with Crippen molar-refractivity contribution in [1.82, 2.24) is 14.5 Å². The fourth-order valence-electron chi connectivity index (χ4n) is 3.77. The number of hydrogen-bond acceptors (Lipinski definition) is 3. The summed E-state index contributed by atoms with van der Waals surface area (Å²) >= 11 is 12.5. The minimum Gasteiger partial charge on any atom is -0.366 e. The van der Waals surface area contributed by atoms with Crippen LogP contribution < -0.4 is 5.73 Å². The zero-order valence-electron chi connectivity index (χ0n) is 18.8. The fraction of sp³-hybridized carbons (Fsp3) is 0.250. The van der Waals surface area contributed by atoms with Crippen molar-refractivity contribution in [2.24, 2.45) is 5.73 Å². The van der Waals surface area contributed by atoms with Crippen molar-refractivity contribution < 1.29 is 9.53 Å². The summed E-state index contributed by atoms with van der Waals surface area (Å²) in [6.07, 6.45) is 3.58. The number of amides is 1. The maximum absolute atomic E-state index is 12.5. The van der Waals surface area contributed by atoms with Crippen molar-refractivity contribution in [3.63, 3.8) is 0 Å². The van der Waals surface area contributed by atoms with Gasteiger partial charge in [0.2, 0.25) is 0 Å². The predicted molar refractivity (Wildman–Crippen MR) is 138 cm³/mol. The Morgan fingerprint density at radius 1 is 1.15 bits per heavy atom. The zero-order valence-corrected chi connectivity index (χ0v) is 21.3. The molecule has 0 saturated carbocycles. The van der Waals surface area contributed by atoms with Crippen LogP contribution in [0.25, 0.3) is 33.5 Å². The number of nitrogens with two attached hydrogens (primary N) is 1. The Labute approximate surface area is 203 Å². The van der Waals surface area contributed by atoms with E-state index in [4.69, 9.17) is 33.7 Å². The van der Waals surface area contributed by atoms with Gasteiger partial charge in [-0.3, -0.25) is 4.79 Å². The van der Waals surface area contributed by atoms with E-state index in [-0.39, 0.29) is 6.73 Å². The van der Waals surface area contributed by atoms with Gasteiger partial charge in [-0.1, -0.05) is 48.9 Å². The van der Waals surface area contributed by atoms with Crippen molar-refractivity contribution in [2.75, 3.05) is 6.61 Å². The molecule has 0 spiro atoms. The maximum atomic E-state index is 12.5. The lowest BCUT2D eigenvalue weighted by Gasteiger charge is -2.18. The van der Waals surface area contributed by atoms with Crippen LogP contribution in [-0.2, 0) is 11.5 Å². The van der Waals surface area contributed by atoms with Crippen molar-refractivity contribution >= 4 is 48.2 Å². The number of rotatable bonds is 8.